The molecule has 1 aromatic carbocycles. The Morgan fingerprint density at radius 1 is 1.35 bits per heavy atom. The molecule has 108 valence electrons. The standard InChI is InChI=1S/C15H19BrN2O2/c1-3-6-17-9-12-8-13(20-18-12)10-19-15-5-4-11(2)7-14(15)16/h4-5,7-8,17H,3,6,9-10H2,1-2H3. The fraction of sp³-hybridized carbons (Fsp3) is 0.400. The Balaban J connectivity index is 1.87. The molecule has 0 radical (unpaired) electrons. The van der Waals surface area contributed by atoms with Crippen molar-refractivity contribution >= 4 is 15.9 Å². The summed E-state index contributed by atoms with van der Waals surface area (Å²) < 4.78 is 11.9. The third kappa shape index (κ3) is 4.35. The molecule has 0 aliphatic heterocycles. The van der Waals surface area contributed by atoms with Gasteiger partial charge in [-0.3, -0.25) is 0 Å². The van der Waals surface area contributed by atoms with Gasteiger partial charge in [0.1, 0.15) is 12.4 Å². The monoisotopic (exact) mass is 338 g/mol. The fourth-order valence-electron chi connectivity index (χ4n) is 1.77. The largest absolute Gasteiger partial charge is 0.484 e. The van der Waals surface area contributed by atoms with Crippen molar-refractivity contribution in [2.75, 3.05) is 6.54 Å². The molecular formula is C15H19BrN2O2. The van der Waals surface area contributed by atoms with Gasteiger partial charge in [0.15, 0.2) is 5.76 Å². The molecule has 0 saturated carbocycles. The average molecular weight is 339 g/mol. The molecule has 0 aliphatic rings. The number of aryl methyl sites for hydroxylation is 1. The number of hydrogen-bond acceptors (Lipinski definition) is 4. The number of nitrogens with one attached hydrogen (secondary N) is 1. The van der Waals surface area contributed by atoms with Crippen molar-refractivity contribution in [3.8, 4) is 5.75 Å². The minimum absolute atomic E-state index is 0.377. The van der Waals surface area contributed by atoms with Crippen molar-refractivity contribution in [3.05, 3.63) is 45.8 Å². The average Bonchev–Trinajstić information content (AvgIpc) is 2.86. The Kier molecular flexibility index (Phi) is 5.61. The van der Waals surface area contributed by atoms with Gasteiger partial charge in [-0.25, -0.2) is 0 Å². The highest BCUT2D eigenvalue weighted by Gasteiger charge is 2.06. The van der Waals surface area contributed by atoms with E-state index in [4.69, 9.17) is 9.26 Å². The molecule has 4 nitrogen and oxygen atoms in total. The van der Waals surface area contributed by atoms with E-state index in [9.17, 15) is 0 Å². The molecule has 0 unspecified atom stereocenters. The highest BCUT2D eigenvalue weighted by molar-refractivity contribution is 9.10. The summed E-state index contributed by atoms with van der Waals surface area (Å²) in [6.07, 6.45) is 1.11. The zero-order valence-electron chi connectivity index (χ0n) is 11.8. The first-order chi connectivity index (χ1) is 9.69. The molecule has 5 heteroatoms. The van der Waals surface area contributed by atoms with E-state index in [1.807, 2.05) is 31.2 Å². The van der Waals surface area contributed by atoms with E-state index in [-0.39, 0.29) is 0 Å². The van der Waals surface area contributed by atoms with Gasteiger partial charge in [0.05, 0.1) is 10.2 Å². The molecule has 0 saturated heterocycles. The second-order valence-corrected chi connectivity index (χ2v) is 5.54. The Morgan fingerprint density at radius 2 is 2.20 bits per heavy atom. The predicted octanol–water partition coefficient (Wildman–Crippen LogP) is 3.82. The number of halogens is 1. The van der Waals surface area contributed by atoms with Crippen LogP contribution in [0.15, 0.2) is 33.3 Å². The molecule has 2 aromatic rings. The van der Waals surface area contributed by atoms with Gasteiger partial charge in [-0.05, 0) is 53.5 Å². The molecule has 0 spiro atoms. The van der Waals surface area contributed by atoms with Crippen LogP contribution in [0.2, 0.25) is 0 Å². The maximum atomic E-state index is 5.72. The number of aromatic nitrogens is 1. The van der Waals surface area contributed by atoms with Gasteiger partial charge < -0.3 is 14.6 Å². The van der Waals surface area contributed by atoms with Crippen LogP contribution in [0.25, 0.3) is 0 Å². The molecule has 1 aromatic heterocycles. The summed E-state index contributed by atoms with van der Waals surface area (Å²) in [5.41, 5.74) is 2.09. The van der Waals surface area contributed by atoms with E-state index in [0.717, 1.165) is 41.2 Å². The normalized spacial score (nSPS) is 10.8. The van der Waals surface area contributed by atoms with Crippen molar-refractivity contribution in [1.29, 1.82) is 0 Å². The zero-order chi connectivity index (χ0) is 14.4. The van der Waals surface area contributed by atoms with E-state index >= 15 is 0 Å². The SMILES string of the molecule is CCCNCc1cc(COc2ccc(C)cc2Br)on1. The summed E-state index contributed by atoms with van der Waals surface area (Å²) in [6, 6.07) is 7.90. The van der Waals surface area contributed by atoms with Crippen LogP contribution in [-0.2, 0) is 13.2 Å². The van der Waals surface area contributed by atoms with Gasteiger partial charge in [-0.15, -0.1) is 0 Å². The second kappa shape index (κ2) is 7.45. The van der Waals surface area contributed by atoms with Gasteiger partial charge in [-0.2, -0.15) is 0 Å². The third-order valence-electron chi connectivity index (χ3n) is 2.80. The number of nitrogens with zero attached hydrogens (tertiary/aromatic N) is 1. The van der Waals surface area contributed by atoms with Gasteiger partial charge >= 0.3 is 0 Å². The Morgan fingerprint density at radius 3 is 2.95 bits per heavy atom. The lowest BCUT2D eigenvalue weighted by molar-refractivity contribution is 0.247. The van der Waals surface area contributed by atoms with Crippen molar-refractivity contribution in [1.82, 2.24) is 10.5 Å². The minimum Gasteiger partial charge on any atom is -0.484 e. The van der Waals surface area contributed by atoms with Gasteiger partial charge in [0, 0.05) is 12.6 Å². The summed E-state index contributed by atoms with van der Waals surface area (Å²) in [4.78, 5) is 0. The van der Waals surface area contributed by atoms with E-state index in [2.05, 4.69) is 33.3 Å². The molecular weight excluding hydrogens is 320 g/mol. The van der Waals surface area contributed by atoms with Crippen LogP contribution in [0.1, 0.15) is 30.4 Å². The molecule has 20 heavy (non-hydrogen) atoms. The first-order valence-electron chi connectivity index (χ1n) is 6.73. The van der Waals surface area contributed by atoms with E-state index < -0.39 is 0 Å². The molecule has 0 fully saturated rings. The highest BCUT2D eigenvalue weighted by Crippen LogP contribution is 2.26. The minimum atomic E-state index is 0.377. The summed E-state index contributed by atoms with van der Waals surface area (Å²) in [6.45, 7) is 6.26. The molecule has 0 atom stereocenters. The molecule has 1 heterocycles. The lowest BCUT2D eigenvalue weighted by Crippen LogP contribution is -2.13. The van der Waals surface area contributed by atoms with Crippen molar-refractivity contribution in [2.24, 2.45) is 0 Å². The van der Waals surface area contributed by atoms with Crippen LogP contribution in [0.5, 0.6) is 5.75 Å². The number of benzene rings is 1. The Hall–Kier alpha value is -1.33. The number of rotatable bonds is 7. The van der Waals surface area contributed by atoms with E-state index in [0.29, 0.717) is 6.61 Å². The van der Waals surface area contributed by atoms with Crippen LogP contribution in [0, 0.1) is 6.92 Å². The van der Waals surface area contributed by atoms with Crippen LogP contribution in [-0.4, -0.2) is 11.7 Å². The molecule has 0 bridgehead atoms. The first-order valence-corrected chi connectivity index (χ1v) is 7.52. The lowest BCUT2D eigenvalue weighted by Gasteiger charge is -2.06. The van der Waals surface area contributed by atoms with Crippen molar-refractivity contribution < 1.29 is 9.26 Å². The van der Waals surface area contributed by atoms with E-state index in [1.54, 1.807) is 0 Å². The summed E-state index contributed by atoms with van der Waals surface area (Å²) in [5, 5.41) is 7.29. The predicted molar refractivity (Wildman–Crippen MR) is 81.7 cm³/mol. The highest BCUT2D eigenvalue weighted by atomic mass is 79.9. The number of ether oxygens (including phenoxy) is 1. The van der Waals surface area contributed by atoms with Gasteiger partial charge in [0.2, 0.25) is 0 Å². The first kappa shape index (κ1) is 15.1. The van der Waals surface area contributed by atoms with Crippen LogP contribution in [0.3, 0.4) is 0 Å². The Bertz CT molecular complexity index is 555. The third-order valence-corrected chi connectivity index (χ3v) is 3.42. The smallest absolute Gasteiger partial charge is 0.174 e. The second-order valence-electron chi connectivity index (χ2n) is 4.68. The zero-order valence-corrected chi connectivity index (χ0v) is 13.4. The Labute approximate surface area is 127 Å². The molecule has 0 aliphatic carbocycles. The summed E-state index contributed by atoms with van der Waals surface area (Å²) in [7, 11) is 0. The van der Waals surface area contributed by atoms with Crippen molar-refractivity contribution in [3.63, 3.8) is 0 Å². The maximum Gasteiger partial charge on any atom is 0.174 e. The fourth-order valence-corrected chi connectivity index (χ4v) is 2.38. The van der Waals surface area contributed by atoms with Crippen LogP contribution < -0.4 is 10.1 Å². The molecule has 0 amide bonds. The van der Waals surface area contributed by atoms with Gasteiger partial charge in [-0.1, -0.05) is 18.1 Å². The maximum absolute atomic E-state index is 5.72. The van der Waals surface area contributed by atoms with Crippen LogP contribution in [0.4, 0.5) is 0 Å². The molecule has 1 N–H and O–H groups in total. The quantitative estimate of drug-likeness (QED) is 0.779. The lowest BCUT2D eigenvalue weighted by atomic mass is 10.2. The molecule has 2 rings (SSSR count). The summed E-state index contributed by atoms with van der Waals surface area (Å²) in [5.74, 6) is 1.53. The topological polar surface area (TPSA) is 47.3 Å². The van der Waals surface area contributed by atoms with Crippen LogP contribution >= 0.6 is 15.9 Å². The van der Waals surface area contributed by atoms with E-state index in [1.165, 1.54) is 5.56 Å². The van der Waals surface area contributed by atoms with Gasteiger partial charge in [0.25, 0.3) is 0 Å². The number of hydrogen-bond donors (Lipinski definition) is 1. The van der Waals surface area contributed by atoms with Crippen molar-refractivity contribution in [2.45, 2.75) is 33.4 Å². The summed E-state index contributed by atoms with van der Waals surface area (Å²) >= 11 is 3.49.